The van der Waals surface area contributed by atoms with Gasteiger partial charge in [0.25, 0.3) is 5.91 Å². The number of rotatable bonds is 5. The van der Waals surface area contributed by atoms with E-state index < -0.39 is 30.1 Å². The molecule has 0 aliphatic carbocycles. The number of fused-ring (bicyclic) bond motifs is 2. The normalized spacial score (nSPS) is 23.2. The van der Waals surface area contributed by atoms with Crippen molar-refractivity contribution in [3.63, 3.8) is 0 Å². The molecule has 10 nitrogen and oxygen atoms in total. The third-order valence-corrected chi connectivity index (χ3v) is 7.52. The molecule has 0 spiro atoms. The summed E-state index contributed by atoms with van der Waals surface area (Å²) in [6, 6.07) is 12.6. The first-order valence-corrected chi connectivity index (χ1v) is 12.6. The van der Waals surface area contributed by atoms with Gasteiger partial charge in [-0.05, 0) is 29.3 Å². The standard InChI is InChI=1S/C26H26F3N7O3/c27-26(28,29)23-20(11-31-33-24(23)37)35-12-17-4-1-2-7-19(17)21(35)14-39-18-6-3-5-16(10-18)25(38)34-8-9-36-22(13-34)30-15-32-36/h1-7,10,15,20-21,23,31H,8-9,11-14H2,(H,33,37). The molecule has 0 radical (unpaired) electrons. The first-order valence-electron chi connectivity index (χ1n) is 12.6. The number of nitrogens with zero attached hydrogens (tertiary/aromatic N) is 5. The summed E-state index contributed by atoms with van der Waals surface area (Å²) in [5.74, 6) is -2.31. The predicted octanol–water partition coefficient (Wildman–Crippen LogP) is 2.05. The zero-order valence-electron chi connectivity index (χ0n) is 20.8. The van der Waals surface area contributed by atoms with Gasteiger partial charge >= 0.3 is 6.18 Å². The third-order valence-electron chi connectivity index (χ3n) is 7.52. The van der Waals surface area contributed by atoms with E-state index in [1.807, 2.05) is 24.3 Å². The Kier molecular flexibility index (Phi) is 6.47. The first-order chi connectivity index (χ1) is 18.8. The lowest BCUT2D eigenvalue weighted by Gasteiger charge is -2.40. The van der Waals surface area contributed by atoms with Crippen molar-refractivity contribution in [1.82, 2.24) is 35.4 Å². The monoisotopic (exact) mass is 541 g/mol. The molecule has 13 heteroatoms. The van der Waals surface area contributed by atoms with Gasteiger partial charge in [0, 0.05) is 31.2 Å². The molecule has 1 saturated heterocycles. The van der Waals surface area contributed by atoms with Crippen molar-refractivity contribution in [1.29, 1.82) is 0 Å². The summed E-state index contributed by atoms with van der Waals surface area (Å²) in [5.41, 5.74) is 6.91. The maximum atomic E-state index is 13.9. The van der Waals surface area contributed by atoms with Crippen molar-refractivity contribution in [2.24, 2.45) is 5.92 Å². The molecule has 3 aliphatic rings. The zero-order chi connectivity index (χ0) is 27.1. The fourth-order valence-corrected chi connectivity index (χ4v) is 5.62. The second-order valence-corrected chi connectivity index (χ2v) is 9.81. The van der Waals surface area contributed by atoms with Gasteiger partial charge in [0.05, 0.1) is 19.1 Å². The van der Waals surface area contributed by atoms with Crippen molar-refractivity contribution in [2.45, 2.75) is 37.9 Å². The number of halogens is 3. The maximum Gasteiger partial charge on any atom is 0.402 e. The van der Waals surface area contributed by atoms with Crippen LogP contribution in [0.2, 0.25) is 0 Å². The number of aromatic nitrogens is 3. The fraction of sp³-hybridized carbons (Fsp3) is 0.385. The van der Waals surface area contributed by atoms with E-state index in [1.54, 1.807) is 38.7 Å². The van der Waals surface area contributed by atoms with Crippen LogP contribution in [0.1, 0.15) is 33.4 Å². The van der Waals surface area contributed by atoms with Crippen LogP contribution in [0.3, 0.4) is 0 Å². The molecular formula is C26H26F3N7O3. The molecule has 204 valence electrons. The van der Waals surface area contributed by atoms with E-state index in [1.165, 1.54) is 6.33 Å². The van der Waals surface area contributed by atoms with Gasteiger partial charge in [0.1, 0.15) is 24.5 Å². The highest BCUT2D eigenvalue weighted by atomic mass is 19.4. The van der Waals surface area contributed by atoms with Gasteiger partial charge in [0.2, 0.25) is 5.91 Å². The average Bonchev–Trinajstić information content (AvgIpc) is 3.55. The van der Waals surface area contributed by atoms with E-state index in [0.29, 0.717) is 36.8 Å². The summed E-state index contributed by atoms with van der Waals surface area (Å²) in [4.78, 5) is 33.0. The maximum absolute atomic E-state index is 13.9. The average molecular weight is 542 g/mol. The summed E-state index contributed by atoms with van der Waals surface area (Å²) < 4.78 is 49.7. The molecule has 3 aliphatic heterocycles. The number of nitrogens with one attached hydrogen (secondary N) is 2. The summed E-state index contributed by atoms with van der Waals surface area (Å²) >= 11 is 0. The molecule has 2 amide bonds. The molecule has 3 aromatic rings. The number of hydrogen-bond donors (Lipinski definition) is 2. The predicted molar refractivity (Wildman–Crippen MR) is 131 cm³/mol. The minimum atomic E-state index is -4.70. The lowest BCUT2D eigenvalue weighted by molar-refractivity contribution is -0.202. The SMILES string of the molecule is O=C1NNCC(N2Cc3ccccc3C2COc2cccc(C(=O)N3CCn4ncnc4C3)c2)C1C(F)(F)F. The molecule has 2 N–H and O–H groups in total. The van der Waals surface area contributed by atoms with Crippen molar-refractivity contribution >= 4 is 11.8 Å². The van der Waals surface area contributed by atoms with E-state index in [2.05, 4.69) is 20.9 Å². The van der Waals surface area contributed by atoms with E-state index >= 15 is 0 Å². The molecule has 1 aromatic heterocycles. The molecule has 39 heavy (non-hydrogen) atoms. The zero-order valence-corrected chi connectivity index (χ0v) is 20.8. The van der Waals surface area contributed by atoms with E-state index in [-0.39, 0.29) is 25.6 Å². The Morgan fingerprint density at radius 3 is 2.79 bits per heavy atom. The molecular weight excluding hydrogens is 515 g/mol. The molecule has 0 saturated carbocycles. The Hall–Kier alpha value is -3.97. The minimum absolute atomic E-state index is 0.0458. The molecule has 4 heterocycles. The van der Waals surface area contributed by atoms with Gasteiger partial charge in [-0.25, -0.2) is 15.1 Å². The van der Waals surface area contributed by atoms with Gasteiger partial charge in [0.15, 0.2) is 5.92 Å². The quantitative estimate of drug-likeness (QED) is 0.510. The van der Waals surface area contributed by atoms with Gasteiger partial charge in [-0.1, -0.05) is 30.3 Å². The number of hydrogen-bond acceptors (Lipinski definition) is 7. The molecule has 0 bridgehead atoms. The number of alkyl halides is 3. The number of amides is 2. The third kappa shape index (κ3) is 4.83. The van der Waals surface area contributed by atoms with Crippen LogP contribution in [0.5, 0.6) is 5.75 Å². The molecule has 3 unspecified atom stereocenters. The Bertz CT molecular complexity index is 1390. The summed E-state index contributed by atoms with van der Waals surface area (Å²) in [6.07, 6.45) is -3.23. The van der Waals surface area contributed by atoms with Crippen LogP contribution in [0.4, 0.5) is 13.2 Å². The van der Waals surface area contributed by atoms with Crippen molar-refractivity contribution in [3.8, 4) is 5.75 Å². The minimum Gasteiger partial charge on any atom is -0.492 e. The van der Waals surface area contributed by atoms with Crippen LogP contribution in [0.15, 0.2) is 54.9 Å². The van der Waals surface area contributed by atoms with Crippen LogP contribution >= 0.6 is 0 Å². The first kappa shape index (κ1) is 25.3. The number of benzene rings is 2. The van der Waals surface area contributed by atoms with Crippen LogP contribution in [0, 0.1) is 5.92 Å². The highest BCUT2D eigenvalue weighted by Crippen LogP contribution is 2.41. The Morgan fingerprint density at radius 1 is 1.10 bits per heavy atom. The molecule has 6 rings (SSSR count). The lowest BCUT2D eigenvalue weighted by Crippen LogP contribution is -2.64. The van der Waals surface area contributed by atoms with E-state index in [0.717, 1.165) is 11.1 Å². The topological polar surface area (TPSA) is 105 Å². The number of carbonyl (C=O) groups excluding carboxylic acids is 2. The second-order valence-electron chi connectivity index (χ2n) is 9.81. The largest absolute Gasteiger partial charge is 0.492 e. The van der Waals surface area contributed by atoms with E-state index in [9.17, 15) is 22.8 Å². The Morgan fingerprint density at radius 2 is 1.95 bits per heavy atom. The number of carbonyl (C=O) groups is 2. The molecule has 1 fully saturated rings. The fourth-order valence-electron chi connectivity index (χ4n) is 5.62. The number of hydrazine groups is 1. The molecule has 2 aromatic carbocycles. The van der Waals surface area contributed by atoms with Gasteiger partial charge in [-0.3, -0.25) is 19.9 Å². The van der Waals surface area contributed by atoms with Gasteiger partial charge in [-0.15, -0.1) is 0 Å². The second kappa shape index (κ2) is 9.97. The summed E-state index contributed by atoms with van der Waals surface area (Å²) in [6.45, 7) is 1.65. The van der Waals surface area contributed by atoms with Gasteiger partial charge in [-0.2, -0.15) is 18.3 Å². The van der Waals surface area contributed by atoms with Crippen LogP contribution in [0.25, 0.3) is 0 Å². The summed E-state index contributed by atoms with van der Waals surface area (Å²) in [7, 11) is 0. The van der Waals surface area contributed by atoms with Crippen LogP contribution in [-0.4, -0.2) is 68.3 Å². The lowest BCUT2D eigenvalue weighted by atomic mass is 9.94. The van der Waals surface area contributed by atoms with Crippen molar-refractivity contribution in [3.05, 3.63) is 77.4 Å². The Balaban J connectivity index is 1.21. The molecule has 3 atom stereocenters. The van der Waals surface area contributed by atoms with E-state index in [4.69, 9.17) is 4.74 Å². The Labute approximate surface area is 221 Å². The highest BCUT2D eigenvalue weighted by molar-refractivity contribution is 5.94. The smallest absolute Gasteiger partial charge is 0.402 e. The highest BCUT2D eigenvalue weighted by Gasteiger charge is 2.55. The van der Waals surface area contributed by atoms with Crippen molar-refractivity contribution < 1.29 is 27.5 Å². The van der Waals surface area contributed by atoms with Gasteiger partial charge < -0.3 is 9.64 Å². The van der Waals surface area contributed by atoms with Crippen LogP contribution < -0.4 is 15.6 Å². The number of ether oxygens (including phenoxy) is 1. The van der Waals surface area contributed by atoms with Crippen LogP contribution in [-0.2, 0) is 24.4 Å². The summed E-state index contributed by atoms with van der Waals surface area (Å²) in [5, 5.41) is 4.13. The van der Waals surface area contributed by atoms with Crippen molar-refractivity contribution in [2.75, 3.05) is 19.7 Å².